The number of nitrogens with zero attached hydrogens (tertiary/aromatic N) is 4. The van der Waals surface area contributed by atoms with E-state index in [0.29, 0.717) is 35.8 Å². The maximum Gasteiger partial charge on any atom is 0.274 e. The minimum atomic E-state index is -0.132. The second-order valence-electron chi connectivity index (χ2n) is 6.82. The number of nitriles is 1. The average molecular weight is 401 g/mol. The molecule has 1 amide bonds. The molecule has 0 atom stereocenters. The van der Waals surface area contributed by atoms with Crippen molar-refractivity contribution >= 4 is 16.8 Å². The summed E-state index contributed by atoms with van der Waals surface area (Å²) in [6.45, 7) is 0.432. The van der Waals surface area contributed by atoms with Crippen molar-refractivity contribution in [2.24, 2.45) is 0 Å². The molecule has 0 aliphatic rings. The first kappa shape index (κ1) is 19.2. The molecule has 2 aromatic carbocycles. The van der Waals surface area contributed by atoms with E-state index in [9.17, 15) is 4.79 Å². The van der Waals surface area contributed by atoms with Gasteiger partial charge in [0.1, 0.15) is 11.4 Å². The van der Waals surface area contributed by atoms with Crippen LogP contribution in [0.1, 0.15) is 21.7 Å². The van der Waals surface area contributed by atoms with Crippen molar-refractivity contribution in [3.05, 3.63) is 65.5 Å². The van der Waals surface area contributed by atoms with Gasteiger partial charge in [0.15, 0.2) is 5.82 Å². The van der Waals surface area contributed by atoms with E-state index in [-0.39, 0.29) is 5.91 Å². The number of aromatic nitrogens is 3. The highest BCUT2D eigenvalue weighted by atomic mass is 16.5. The number of rotatable bonds is 6. The summed E-state index contributed by atoms with van der Waals surface area (Å²) in [4.78, 5) is 21.8. The number of amides is 1. The van der Waals surface area contributed by atoms with Crippen LogP contribution in [0.2, 0.25) is 0 Å². The molecular formula is C22H19N5O3. The molecule has 2 aromatic heterocycles. The number of likely N-dealkylation sites (N-methyl/N-ethyl adjacent to an activating group) is 1. The van der Waals surface area contributed by atoms with E-state index in [1.807, 2.05) is 30.3 Å². The molecule has 0 unspecified atom stereocenters. The number of fused-ring (bicyclic) bond motifs is 1. The quantitative estimate of drug-likeness (QED) is 0.530. The van der Waals surface area contributed by atoms with Gasteiger partial charge in [0.05, 0.1) is 18.7 Å². The summed E-state index contributed by atoms with van der Waals surface area (Å²) in [5, 5.41) is 13.9. The molecule has 0 bridgehead atoms. The second-order valence-corrected chi connectivity index (χ2v) is 6.82. The molecular weight excluding hydrogens is 382 g/mol. The lowest BCUT2D eigenvalue weighted by molar-refractivity contribution is 0.0796. The Kier molecular flexibility index (Phi) is 5.18. The first-order chi connectivity index (χ1) is 14.6. The maximum atomic E-state index is 12.5. The van der Waals surface area contributed by atoms with Crippen LogP contribution in [-0.4, -0.2) is 46.6 Å². The molecule has 8 nitrogen and oxygen atoms in total. The molecule has 150 valence electrons. The third-order valence-corrected chi connectivity index (χ3v) is 4.81. The van der Waals surface area contributed by atoms with Gasteiger partial charge in [0.25, 0.3) is 11.8 Å². The summed E-state index contributed by atoms with van der Waals surface area (Å²) in [5.74, 6) is 1.53. The van der Waals surface area contributed by atoms with Crippen LogP contribution in [0.25, 0.3) is 22.5 Å². The monoisotopic (exact) mass is 401 g/mol. The Balaban J connectivity index is 1.42. The average Bonchev–Trinajstić information content (AvgIpc) is 3.43. The van der Waals surface area contributed by atoms with Crippen LogP contribution in [-0.2, 0) is 6.42 Å². The largest absolute Gasteiger partial charge is 0.497 e. The van der Waals surface area contributed by atoms with Gasteiger partial charge >= 0.3 is 0 Å². The predicted octanol–water partition coefficient (Wildman–Crippen LogP) is 3.41. The topological polar surface area (TPSA) is 108 Å². The third kappa shape index (κ3) is 3.86. The van der Waals surface area contributed by atoms with E-state index < -0.39 is 0 Å². The first-order valence-corrected chi connectivity index (χ1v) is 9.32. The van der Waals surface area contributed by atoms with Crippen LogP contribution in [0.5, 0.6) is 5.75 Å². The number of nitrogens with one attached hydrogen (secondary N) is 1. The van der Waals surface area contributed by atoms with E-state index in [2.05, 4.69) is 15.1 Å². The lowest BCUT2D eigenvalue weighted by Gasteiger charge is -2.16. The maximum absolute atomic E-state index is 12.5. The molecule has 0 spiro atoms. The zero-order chi connectivity index (χ0) is 21.1. The molecule has 1 N–H and O–H groups in total. The molecule has 0 radical (unpaired) electrons. The van der Waals surface area contributed by atoms with Crippen molar-refractivity contribution < 1.29 is 14.1 Å². The highest BCUT2D eigenvalue weighted by molar-refractivity contribution is 5.94. The minimum Gasteiger partial charge on any atom is -0.497 e. The van der Waals surface area contributed by atoms with Gasteiger partial charge in [-0.3, -0.25) is 4.79 Å². The number of benzene rings is 2. The third-order valence-electron chi connectivity index (χ3n) is 4.81. The molecule has 0 fully saturated rings. The highest BCUT2D eigenvalue weighted by Gasteiger charge is 2.15. The predicted molar refractivity (Wildman–Crippen MR) is 110 cm³/mol. The summed E-state index contributed by atoms with van der Waals surface area (Å²) in [6.07, 6.45) is 0.454. The first-order valence-electron chi connectivity index (χ1n) is 9.32. The summed E-state index contributed by atoms with van der Waals surface area (Å²) in [5.41, 5.74) is 2.68. The summed E-state index contributed by atoms with van der Waals surface area (Å²) < 4.78 is 10.6. The van der Waals surface area contributed by atoms with Crippen LogP contribution >= 0.6 is 0 Å². The number of aromatic amines is 1. The van der Waals surface area contributed by atoms with Crippen LogP contribution < -0.4 is 4.74 Å². The lowest BCUT2D eigenvalue weighted by atomic mass is 10.1. The lowest BCUT2D eigenvalue weighted by Crippen LogP contribution is -2.29. The summed E-state index contributed by atoms with van der Waals surface area (Å²) in [6, 6.07) is 16.3. The van der Waals surface area contributed by atoms with E-state index in [4.69, 9.17) is 14.5 Å². The number of carbonyl (C=O) groups is 1. The second kappa shape index (κ2) is 8.09. The zero-order valence-electron chi connectivity index (χ0n) is 16.5. The van der Waals surface area contributed by atoms with Crippen LogP contribution in [0.3, 0.4) is 0 Å². The van der Waals surface area contributed by atoms with Gasteiger partial charge in [-0.15, -0.1) is 0 Å². The molecule has 2 heterocycles. The number of carbonyl (C=O) groups excluding carboxylic acids is 1. The van der Waals surface area contributed by atoms with Gasteiger partial charge in [0, 0.05) is 42.5 Å². The van der Waals surface area contributed by atoms with Gasteiger partial charge in [-0.1, -0.05) is 5.16 Å². The van der Waals surface area contributed by atoms with Crippen molar-refractivity contribution in [1.29, 1.82) is 5.26 Å². The SMILES string of the molecule is COc1ccc2cc(-c3nc(CCN(C)C(=O)c4ccc(C#N)cc4)no3)[nH]c2c1. The van der Waals surface area contributed by atoms with Gasteiger partial charge < -0.3 is 19.1 Å². The number of hydrogen-bond donors (Lipinski definition) is 1. The summed E-state index contributed by atoms with van der Waals surface area (Å²) >= 11 is 0. The molecule has 0 saturated heterocycles. The van der Waals surface area contributed by atoms with E-state index in [1.165, 1.54) is 0 Å². The van der Waals surface area contributed by atoms with Gasteiger partial charge in [-0.2, -0.15) is 10.2 Å². The Morgan fingerprint density at radius 3 is 2.77 bits per heavy atom. The minimum absolute atomic E-state index is 0.132. The molecule has 0 saturated carbocycles. The highest BCUT2D eigenvalue weighted by Crippen LogP contribution is 2.26. The standard InChI is InChI=1S/C22H19N5O3/c1-27(22(28)15-5-3-14(13-23)4-6-15)10-9-20-25-21(30-26-20)19-11-16-7-8-17(29-2)12-18(16)24-19/h3-8,11-12,24H,9-10H2,1-2H3. The van der Waals surface area contributed by atoms with Crippen LogP contribution in [0, 0.1) is 11.3 Å². The Hall–Kier alpha value is -4.12. The molecule has 0 aliphatic heterocycles. The van der Waals surface area contributed by atoms with Crippen molar-refractivity contribution in [1.82, 2.24) is 20.0 Å². The number of hydrogen-bond acceptors (Lipinski definition) is 6. The fraction of sp³-hybridized carbons (Fsp3) is 0.182. The normalized spacial score (nSPS) is 10.7. The van der Waals surface area contributed by atoms with E-state index in [1.54, 1.807) is 43.3 Å². The fourth-order valence-corrected chi connectivity index (χ4v) is 3.09. The van der Waals surface area contributed by atoms with E-state index >= 15 is 0 Å². The van der Waals surface area contributed by atoms with Crippen molar-refractivity contribution in [2.75, 3.05) is 20.7 Å². The van der Waals surface area contributed by atoms with E-state index in [0.717, 1.165) is 22.3 Å². The van der Waals surface area contributed by atoms with Gasteiger partial charge in [0.2, 0.25) is 0 Å². The molecule has 0 aliphatic carbocycles. The number of methoxy groups -OCH3 is 1. The molecule has 30 heavy (non-hydrogen) atoms. The Labute approximate surface area is 172 Å². The van der Waals surface area contributed by atoms with Crippen molar-refractivity contribution in [2.45, 2.75) is 6.42 Å². The Morgan fingerprint density at radius 2 is 2.03 bits per heavy atom. The molecule has 4 aromatic rings. The summed E-state index contributed by atoms with van der Waals surface area (Å²) in [7, 11) is 3.34. The van der Waals surface area contributed by atoms with Crippen molar-refractivity contribution in [3.8, 4) is 23.4 Å². The Morgan fingerprint density at radius 1 is 1.23 bits per heavy atom. The van der Waals surface area contributed by atoms with Gasteiger partial charge in [-0.05, 0) is 42.5 Å². The van der Waals surface area contributed by atoms with Crippen LogP contribution in [0.4, 0.5) is 0 Å². The van der Waals surface area contributed by atoms with Crippen molar-refractivity contribution in [3.63, 3.8) is 0 Å². The molecule has 8 heteroatoms. The Bertz CT molecular complexity index is 1230. The number of H-pyrrole nitrogens is 1. The molecule has 4 rings (SSSR count). The zero-order valence-corrected chi connectivity index (χ0v) is 16.5. The smallest absolute Gasteiger partial charge is 0.274 e. The number of ether oxygens (including phenoxy) is 1. The van der Waals surface area contributed by atoms with Gasteiger partial charge in [-0.25, -0.2) is 0 Å². The fourth-order valence-electron chi connectivity index (χ4n) is 3.09. The van der Waals surface area contributed by atoms with Crippen LogP contribution in [0.15, 0.2) is 53.1 Å².